The minimum absolute atomic E-state index is 0.0151. The van der Waals surface area contributed by atoms with Gasteiger partial charge in [0.2, 0.25) is 5.76 Å². The molecule has 0 heterocycles. The summed E-state index contributed by atoms with van der Waals surface area (Å²) in [7, 11) is 1.59. The SMILES string of the molecule is CCCCCCCCOC(=Cc1ccc(OC)cc1)C(=O)O. The van der Waals surface area contributed by atoms with Gasteiger partial charge in [-0.25, -0.2) is 4.79 Å². The highest BCUT2D eigenvalue weighted by molar-refractivity contribution is 5.89. The van der Waals surface area contributed by atoms with Crippen molar-refractivity contribution >= 4 is 12.0 Å². The molecule has 0 unspecified atom stereocenters. The first-order chi connectivity index (χ1) is 10.7. The summed E-state index contributed by atoms with van der Waals surface area (Å²) in [4.78, 5) is 11.2. The van der Waals surface area contributed by atoms with Gasteiger partial charge in [0.15, 0.2) is 0 Å². The first-order valence-corrected chi connectivity index (χ1v) is 7.89. The summed E-state index contributed by atoms with van der Waals surface area (Å²) in [6, 6.07) is 7.18. The van der Waals surface area contributed by atoms with E-state index in [0.29, 0.717) is 6.61 Å². The van der Waals surface area contributed by atoms with Crippen LogP contribution in [0.25, 0.3) is 6.08 Å². The topological polar surface area (TPSA) is 55.8 Å². The van der Waals surface area contributed by atoms with Gasteiger partial charge in [0.1, 0.15) is 5.75 Å². The Bertz CT molecular complexity index is 462. The molecule has 0 saturated carbocycles. The van der Waals surface area contributed by atoms with Gasteiger partial charge in [0.05, 0.1) is 13.7 Å². The lowest BCUT2D eigenvalue weighted by molar-refractivity contribution is -0.136. The van der Waals surface area contributed by atoms with Gasteiger partial charge in [-0.15, -0.1) is 0 Å². The van der Waals surface area contributed by atoms with Crippen molar-refractivity contribution in [3.05, 3.63) is 35.6 Å². The summed E-state index contributed by atoms with van der Waals surface area (Å²) < 4.78 is 10.5. The normalized spacial score (nSPS) is 11.3. The molecule has 1 rings (SSSR count). The van der Waals surface area contributed by atoms with Crippen molar-refractivity contribution in [2.24, 2.45) is 0 Å². The number of methoxy groups -OCH3 is 1. The molecule has 0 aliphatic rings. The Hall–Kier alpha value is -1.97. The monoisotopic (exact) mass is 306 g/mol. The molecule has 0 aromatic heterocycles. The van der Waals surface area contributed by atoms with Crippen LogP contribution in [-0.4, -0.2) is 24.8 Å². The maximum Gasteiger partial charge on any atom is 0.371 e. The summed E-state index contributed by atoms with van der Waals surface area (Å²) in [6.45, 7) is 2.63. The third-order valence-corrected chi connectivity index (χ3v) is 3.38. The van der Waals surface area contributed by atoms with E-state index in [1.165, 1.54) is 25.7 Å². The van der Waals surface area contributed by atoms with E-state index in [2.05, 4.69) is 6.92 Å². The molecule has 0 atom stereocenters. The number of rotatable bonds is 11. The maximum absolute atomic E-state index is 11.2. The van der Waals surface area contributed by atoms with Crippen molar-refractivity contribution in [1.29, 1.82) is 0 Å². The van der Waals surface area contributed by atoms with Crippen LogP contribution in [0.2, 0.25) is 0 Å². The number of carboxylic acid groups (broad SMARTS) is 1. The smallest absolute Gasteiger partial charge is 0.371 e. The molecule has 22 heavy (non-hydrogen) atoms. The molecule has 1 aromatic rings. The van der Waals surface area contributed by atoms with Crippen molar-refractivity contribution in [1.82, 2.24) is 0 Å². The third kappa shape index (κ3) is 7.16. The van der Waals surface area contributed by atoms with Gasteiger partial charge in [-0.2, -0.15) is 0 Å². The Kier molecular flexibility index (Phi) is 8.80. The Balaban J connectivity index is 2.44. The predicted octanol–water partition coefficient (Wildman–Crippen LogP) is 4.50. The van der Waals surface area contributed by atoms with Crippen molar-refractivity contribution in [2.75, 3.05) is 13.7 Å². The van der Waals surface area contributed by atoms with Gasteiger partial charge < -0.3 is 14.6 Å². The standard InChI is InChI=1S/C18H26O4/c1-3-4-5-6-7-8-13-22-17(18(19)20)14-15-9-11-16(21-2)12-10-15/h9-12,14H,3-8,13H2,1-2H3,(H,19,20). The van der Waals surface area contributed by atoms with E-state index in [9.17, 15) is 9.90 Å². The van der Waals surface area contributed by atoms with E-state index in [4.69, 9.17) is 9.47 Å². The second-order valence-electron chi connectivity index (χ2n) is 5.20. The average molecular weight is 306 g/mol. The van der Waals surface area contributed by atoms with E-state index < -0.39 is 5.97 Å². The van der Waals surface area contributed by atoms with Crippen LogP contribution < -0.4 is 4.74 Å². The van der Waals surface area contributed by atoms with Gasteiger partial charge in [-0.1, -0.05) is 51.2 Å². The van der Waals surface area contributed by atoms with E-state index in [1.54, 1.807) is 37.5 Å². The molecular formula is C18H26O4. The van der Waals surface area contributed by atoms with Crippen LogP contribution in [-0.2, 0) is 9.53 Å². The largest absolute Gasteiger partial charge is 0.497 e. The van der Waals surface area contributed by atoms with Gasteiger partial charge in [0.25, 0.3) is 0 Å². The number of hydrogen-bond acceptors (Lipinski definition) is 3. The fraction of sp³-hybridized carbons (Fsp3) is 0.500. The molecule has 0 radical (unpaired) electrons. The van der Waals surface area contributed by atoms with E-state index in [-0.39, 0.29) is 5.76 Å². The minimum Gasteiger partial charge on any atom is -0.497 e. The second-order valence-corrected chi connectivity index (χ2v) is 5.20. The number of benzene rings is 1. The molecule has 0 saturated heterocycles. The zero-order chi connectivity index (χ0) is 16.2. The number of unbranched alkanes of at least 4 members (excludes halogenated alkanes) is 5. The fourth-order valence-corrected chi connectivity index (χ4v) is 2.08. The molecule has 0 amide bonds. The molecule has 4 nitrogen and oxygen atoms in total. The predicted molar refractivity (Wildman–Crippen MR) is 87.9 cm³/mol. The van der Waals surface area contributed by atoms with Crippen LogP contribution in [0.5, 0.6) is 5.75 Å². The zero-order valence-corrected chi connectivity index (χ0v) is 13.5. The minimum atomic E-state index is -1.04. The van der Waals surface area contributed by atoms with Crippen LogP contribution in [0, 0.1) is 0 Å². The molecule has 1 N–H and O–H groups in total. The highest BCUT2D eigenvalue weighted by atomic mass is 16.5. The summed E-state index contributed by atoms with van der Waals surface area (Å²) in [6.07, 6.45) is 8.42. The number of aliphatic carboxylic acids is 1. The highest BCUT2D eigenvalue weighted by Gasteiger charge is 2.08. The van der Waals surface area contributed by atoms with Gasteiger partial charge in [-0.05, 0) is 30.2 Å². The quantitative estimate of drug-likeness (QED) is 0.371. The Labute approximate surface area is 132 Å². The molecule has 0 bridgehead atoms. The fourth-order valence-electron chi connectivity index (χ4n) is 2.08. The summed E-state index contributed by atoms with van der Waals surface area (Å²) in [5.41, 5.74) is 0.779. The Morgan fingerprint density at radius 3 is 2.32 bits per heavy atom. The van der Waals surface area contributed by atoms with Crippen LogP contribution in [0.1, 0.15) is 51.0 Å². The number of carboxylic acids is 1. The number of carbonyl (C=O) groups is 1. The molecule has 0 aliphatic heterocycles. The summed E-state index contributed by atoms with van der Waals surface area (Å²) in [5.74, 6) is -0.317. The maximum atomic E-state index is 11.2. The van der Waals surface area contributed by atoms with Crippen LogP contribution in [0.4, 0.5) is 0 Å². The van der Waals surface area contributed by atoms with E-state index in [1.807, 2.05) is 0 Å². The van der Waals surface area contributed by atoms with Gasteiger partial charge in [-0.3, -0.25) is 0 Å². The molecule has 0 fully saturated rings. The lowest BCUT2D eigenvalue weighted by atomic mass is 10.1. The Morgan fingerprint density at radius 2 is 1.73 bits per heavy atom. The molecular weight excluding hydrogens is 280 g/mol. The number of hydrogen-bond donors (Lipinski definition) is 1. The molecule has 1 aromatic carbocycles. The summed E-state index contributed by atoms with van der Waals surface area (Å²) >= 11 is 0. The second kappa shape index (κ2) is 10.7. The van der Waals surface area contributed by atoms with Crippen molar-refractivity contribution in [3.63, 3.8) is 0 Å². The van der Waals surface area contributed by atoms with E-state index in [0.717, 1.165) is 24.2 Å². The average Bonchev–Trinajstić information content (AvgIpc) is 2.53. The van der Waals surface area contributed by atoms with Crippen molar-refractivity contribution < 1.29 is 19.4 Å². The molecule has 122 valence electrons. The highest BCUT2D eigenvalue weighted by Crippen LogP contribution is 2.15. The summed E-state index contributed by atoms with van der Waals surface area (Å²) in [5, 5.41) is 9.19. The molecule has 0 aliphatic carbocycles. The zero-order valence-electron chi connectivity index (χ0n) is 13.5. The lowest BCUT2D eigenvalue weighted by Gasteiger charge is -2.07. The molecule has 4 heteroatoms. The van der Waals surface area contributed by atoms with Crippen LogP contribution >= 0.6 is 0 Å². The van der Waals surface area contributed by atoms with Crippen molar-refractivity contribution in [2.45, 2.75) is 45.4 Å². The van der Waals surface area contributed by atoms with Crippen LogP contribution in [0.15, 0.2) is 30.0 Å². The first-order valence-electron chi connectivity index (χ1n) is 7.89. The van der Waals surface area contributed by atoms with Gasteiger partial charge >= 0.3 is 5.97 Å². The lowest BCUT2D eigenvalue weighted by Crippen LogP contribution is -2.06. The van der Waals surface area contributed by atoms with E-state index >= 15 is 0 Å². The van der Waals surface area contributed by atoms with Crippen LogP contribution in [0.3, 0.4) is 0 Å². The first kappa shape index (κ1) is 18.1. The van der Waals surface area contributed by atoms with Gasteiger partial charge in [0, 0.05) is 0 Å². The molecule has 0 spiro atoms. The Morgan fingerprint density at radius 1 is 1.09 bits per heavy atom. The number of ether oxygens (including phenoxy) is 2. The van der Waals surface area contributed by atoms with Crippen molar-refractivity contribution in [3.8, 4) is 5.75 Å². The third-order valence-electron chi connectivity index (χ3n) is 3.38.